The van der Waals surface area contributed by atoms with Gasteiger partial charge in [-0.25, -0.2) is 0 Å². The molecule has 1 aromatic carbocycles. The van der Waals surface area contributed by atoms with Crippen molar-refractivity contribution in [2.75, 3.05) is 26.2 Å². The molecule has 1 fully saturated rings. The maximum atomic E-state index is 12.7. The SMILES string of the molecule is Cc1ccn(C(C)C(=O)N2CCN(Cc3ccc(Cl)cc3Cl)CC2)n1. The van der Waals surface area contributed by atoms with Gasteiger partial charge in [-0.3, -0.25) is 14.4 Å². The van der Waals surface area contributed by atoms with E-state index >= 15 is 0 Å². The minimum absolute atomic E-state index is 0.118. The maximum absolute atomic E-state index is 12.7. The third kappa shape index (κ3) is 4.35. The summed E-state index contributed by atoms with van der Waals surface area (Å²) in [4.78, 5) is 16.9. The van der Waals surface area contributed by atoms with E-state index in [0.717, 1.165) is 30.9 Å². The van der Waals surface area contributed by atoms with Gasteiger partial charge in [0.2, 0.25) is 5.91 Å². The Hall–Kier alpha value is -1.56. The number of piperazine rings is 1. The Labute approximate surface area is 158 Å². The first kappa shape index (κ1) is 18.2. The summed E-state index contributed by atoms with van der Waals surface area (Å²) in [5.74, 6) is 0.118. The molecule has 0 bridgehead atoms. The number of nitrogens with zero attached hydrogens (tertiary/aromatic N) is 4. The lowest BCUT2D eigenvalue weighted by atomic mass is 10.2. The molecule has 1 aliphatic heterocycles. The van der Waals surface area contributed by atoms with Crippen LogP contribution in [0.1, 0.15) is 24.2 Å². The molecule has 0 spiro atoms. The monoisotopic (exact) mass is 380 g/mol. The van der Waals surface area contributed by atoms with Gasteiger partial charge >= 0.3 is 0 Å². The fourth-order valence-electron chi connectivity index (χ4n) is 3.04. The number of benzene rings is 1. The number of carbonyl (C=O) groups is 1. The van der Waals surface area contributed by atoms with Crippen molar-refractivity contribution in [3.8, 4) is 0 Å². The Morgan fingerprint density at radius 2 is 1.92 bits per heavy atom. The first-order valence-electron chi connectivity index (χ1n) is 8.41. The zero-order chi connectivity index (χ0) is 18.0. The van der Waals surface area contributed by atoms with E-state index in [-0.39, 0.29) is 11.9 Å². The molecular weight excluding hydrogens is 359 g/mol. The molecule has 1 amide bonds. The summed E-state index contributed by atoms with van der Waals surface area (Å²) in [6, 6.07) is 7.23. The number of hydrogen-bond acceptors (Lipinski definition) is 3. The molecule has 134 valence electrons. The number of carbonyl (C=O) groups excluding carboxylic acids is 1. The zero-order valence-electron chi connectivity index (χ0n) is 14.5. The van der Waals surface area contributed by atoms with Crippen LogP contribution in [0, 0.1) is 6.92 Å². The number of aromatic nitrogens is 2. The van der Waals surface area contributed by atoms with Gasteiger partial charge < -0.3 is 4.90 Å². The smallest absolute Gasteiger partial charge is 0.247 e. The third-order valence-corrected chi connectivity index (χ3v) is 5.18. The van der Waals surface area contributed by atoms with Gasteiger partial charge in [-0.05, 0) is 37.6 Å². The normalized spacial score (nSPS) is 16.9. The van der Waals surface area contributed by atoms with Crippen LogP contribution in [0.5, 0.6) is 0 Å². The second-order valence-corrected chi connectivity index (χ2v) is 7.29. The molecule has 1 saturated heterocycles. The maximum Gasteiger partial charge on any atom is 0.247 e. The number of amides is 1. The summed E-state index contributed by atoms with van der Waals surface area (Å²) in [5.41, 5.74) is 1.98. The van der Waals surface area contributed by atoms with E-state index in [4.69, 9.17) is 23.2 Å². The number of rotatable bonds is 4. The molecule has 25 heavy (non-hydrogen) atoms. The highest BCUT2D eigenvalue weighted by Gasteiger charge is 2.26. The van der Waals surface area contributed by atoms with Crippen molar-refractivity contribution in [3.63, 3.8) is 0 Å². The van der Waals surface area contributed by atoms with Crippen LogP contribution >= 0.6 is 23.2 Å². The molecule has 1 unspecified atom stereocenters. The van der Waals surface area contributed by atoms with Crippen molar-refractivity contribution < 1.29 is 4.79 Å². The predicted octanol–water partition coefficient (Wildman–Crippen LogP) is 3.40. The van der Waals surface area contributed by atoms with E-state index in [1.807, 2.05) is 43.1 Å². The lowest BCUT2D eigenvalue weighted by Gasteiger charge is -2.36. The molecule has 7 heteroatoms. The van der Waals surface area contributed by atoms with Crippen LogP contribution < -0.4 is 0 Å². The second-order valence-electron chi connectivity index (χ2n) is 6.45. The molecular formula is C18H22Cl2N4O. The molecule has 1 atom stereocenters. The lowest BCUT2D eigenvalue weighted by molar-refractivity contribution is -0.136. The van der Waals surface area contributed by atoms with E-state index in [2.05, 4.69) is 10.00 Å². The van der Waals surface area contributed by atoms with Crippen LogP contribution in [-0.2, 0) is 11.3 Å². The van der Waals surface area contributed by atoms with Crippen LogP contribution in [0.4, 0.5) is 0 Å². The van der Waals surface area contributed by atoms with Crippen molar-refractivity contribution in [1.82, 2.24) is 19.6 Å². The second kappa shape index (κ2) is 7.77. The minimum atomic E-state index is -0.272. The van der Waals surface area contributed by atoms with Crippen LogP contribution in [0.25, 0.3) is 0 Å². The zero-order valence-corrected chi connectivity index (χ0v) is 16.0. The third-order valence-electron chi connectivity index (χ3n) is 4.59. The molecule has 5 nitrogen and oxygen atoms in total. The van der Waals surface area contributed by atoms with Gasteiger partial charge in [0.05, 0.1) is 5.69 Å². The van der Waals surface area contributed by atoms with Crippen molar-refractivity contribution >= 4 is 29.1 Å². The highest BCUT2D eigenvalue weighted by Crippen LogP contribution is 2.23. The fourth-order valence-corrected chi connectivity index (χ4v) is 3.51. The Morgan fingerprint density at radius 3 is 2.52 bits per heavy atom. The lowest BCUT2D eigenvalue weighted by Crippen LogP contribution is -2.50. The van der Waals surface area contributed by atoms with Gasteiger partial charge in [0.1, 0.15) is 6.04 Å². The number of hydrogen-bond donors (Lipinski definition) is 0. The number of halogens is 2. The van der Waals surface area contributed by atoms with Gasteiger partial charge in [0, 0.05) is 49.0 Å². The van der Waals surface area contributed by atoms with Gasteiger partial charge in [0.25, 0.3) is 0 Å². The molecule has 0 aliphatic carbocycles. The van der Waals surface area contributed by atoms with E-state index < -0.39 is 0 Å². The Morgan fingerprint density at radius 1 is 1.20 bits per heavy atom. The first-order chi connectivity index (χ1) is 11.9. The van der Waals surface area contributed by atoms with Gasteiger partial charge in [-0.15, -0.1) is 0 Å². The summed E-state index contributed by atoms with van der Waals surface area (Å²) in [7, 11) is 0. The molecule has 1 aromatic heterocycles. The highest BCUT2D eigenvalue weighted by atomic mass is 35.5. The summed E-state index contributed by atoms with van der Waals surface area (Å²) in [6.07, 6.45) is 1.86. The Balaban J connectivity index is 1.55. The van der Waals surface area contributed by atoms with Crippen molar-refractivity contribution in [2.45, 2.75) is 26.4 Å². The van der Waals surface area contributed by atoms with E-state index in [1.54, 1.807) is 10.7 Å². The van der Waals surface area contributed by atoms with Crippen molar-refractivity contribution in [1.29, 1.82) is 0 Å². The minimum Gasteiger partial charge on any atom is -0.338 e. The topological polar surface area (TPSA) is 41.4 Å². The van der Waals surface area contributed by atoms with Crippen LogP contribution in [-0.4, -0.2) is 51.7 Å². The quantitative estimate of drug-likeness (QED) is 0.815. The molecule has 2 aromatic rings. The molecule has 0 N–H and O–H groups in total. The molecule has 0 radical (unpaired) electrons. The first-order valence-corrected chi connectivity index (χ1v) is 9.16. The molecule has 2 heterocycles. The largest absolute Gasteiger partial charge is 0.338 e. The van der Waals surface area contributed by atoms with Gasteiger partial charge in [-0.2, -0.15) is 5.10 Å². The predicted molar refractivity (Wildman–Crippen MR) is 100.0 cm³/mol. The summed E-state index contributed by atoms with van der Waals surface area (Å²) in [5, 5.41) is 5.68. The summed E-state index contributed by atoms with van der Waals surface area (Å²) < 4.78 is 1.73. The van der Waals surface area contributed by atoms with Gasteiger partial charge in [0.15, 0.2) is 0 Å². The summed E-state index contributed by atoms with van der Waals surface area (Å²) >= 11 is 12.2. The van der Waals surface area contributed by atoms with Crippen molar-refractivity contribution in [3.05, 3.63) is 51.8 Å². The van der Waals surface area contributed by atoms with Crippen LogP contribution in [0.3, 0.4) is 0 Å². The Kier molecular flexibility index (Phi) is 5.67. The molecule has 0 saturated carbocycles. The highest BCUT2D eigenvalue weighted by molar-refractivity contribution is 6.35. The van der Waals surface area contributed by atoms with E-state index in [0.29, 0.717) is 23.1 Å². The summed E-state index contributed by atoms with van der Waals surface area (Å²) in [6.45, 7) is 7.68. The average Bonchev–Trinajstić information content (AvgIpc) is 3.03. The van der Waals surface area contributed by atoms with E-state index in [9.17, 15) is 4.79 Å². The fraction of sp³-hybridized carbons (Fsp3) is 0.444. The van der Waals surface area contributed by atoms with Crippen LogP contribution in [0.15, 0.2) is 30.5 Å². The van der Waals surface area contributed by atoms with Gasteiger partial charge in [-0.1, -0.05) is 29.3 Å². The molecule has 1 aliphatic rings. The van der Waals surface area contributed by atoms with E-state index in [1.165, 1.54) is 0 Å². The van der Waals surface area contributed by atoms with Crippen molar-refractivity contribution in [2.24, 2.45) is 0 Å². The van der Waals surface area contributed by atoms with Crippen LogP contribution in [0.2, 0.25) is 10.0 Å². The standard InChI is InChI=1S/C18H22Cl2N4O/c1-13-5-6-24(21-13)14(2)18(25)23-9-7-22(8-10-23)12-15-3-4-16(19)11-17(15)20/h3-6,11,14H,7-10,12H2,1-2H3. The average molecular weight is 381 g/mol. The number of aryl methyl sites for hydroxylation is 1. The Bertz CT molecular complexity index is 753. The molecule has 3 rings (SSSR count).